The number of amides is 1. The van der Waals surface area contributed by atoms with Gasteiger partial charge in [-0.1, -0.05) is 26.7 Å². The molecule has 3 nitrogen and oxygen atoms in total. The summed E-state index contributed by atoms with van der Waals surface area (Å²) in [6.45, 7) is 5.29. The van der Waals surface area contributed by atoms with Gasteiger partial charge in [0.05, 0.1) is 6.04 Å². The molecule has 0 aromatic rings. The molecule has 0 aromatic carbocycles. The largest absolute Gasteiger partial charge is 0.355 e. The zero-order valence-electron chi connectivity index (χ0n) is 12.3. The predicted octanol–water partition coefficient (Wildman–Crippen LogP) is 2.88. The molecule has 0 spiro atoms. The molecule has 0 radical (unpaired) electrons. The van der Waals surface area contributed by atoms with Gasteiger partial charge in [-0.2, -0.15) is 0 Å². The molecule has 2 N–H and O–H groups in total. The molecule has 2 rings (SSSR count). The SMILES string of the molecule is CC(C)CCCNC(=O)C1CC2CCCCC2N1.Cl. The molecule has 1 amide bonds. The monoisotopic (exact) mass is 288 g/mol. The van der Waals surface area contributed by atoms with Gasteiger partial charge in [0, 0.05) is 12.6 Å². The zero-order valence-corrected chi connectivity index (χ0v) is 13.1. The van der Waals surface area contributed by atoms with Gasteiger partial charge >= 0.3 is 0 Å². The first-order valence-corrected chi connectivity index (χ1v) is 7.70. The lowest BCUT2D eigenvalue weighted by molar-refractivity contribution is -0.122. The molecule has 4 heteroatoms. The van der Waals surface area contributed by atoms with Crippen LogP contribution in [0.2, 0.25) is 0 Å². The van der Waals surface area contributed by atoms with Crippen LogP contribution in [0.3, 0.4) is 0 Å². The summed E-state index contributed by atoms with van der Waals surface area (Å²) in [5.74, 6) is 1.72. The molecule has 3 unspecified atom stereocenters. The number of hydrogen-bond donors (Lipinski definition) is 2. The second-order valence-corrected chi connectivity index (χ2v) is 6.43. The van der Waals surface area contributed by atoms with Crippen molar-refractivity contribution >= 4 is 18.3 Å². The fourth-order valence-corrected chi connectivity index (χ4v) is 3.37. The number of carbonyl (C=O) groups excluding carboxylic acids is 1. The number of hydrogen-bond acceptors (Lipinski definition) is 2. The van der Waals surface area contributed by atoms with Crippen molar-refractivity contribution in [2.24, 2.45) is 11.8 Å². The molecule has 1 saturated heterocycles. The van der Waals surface area contributed by atoms with Crippen molar-refractivity contribution in [1.82, 2.24) is 10.6 Å². The second kappa shape index (κ2) is 8.11. The van der Waals surface area contributed by atoms with E-state index < -0.39 is 0 Å². The fourth-order valence-electron chi connectivity index (χ4n) is 3.37. The Bertz CT molecular complexity index is 269. The molecule has 2 fully saturated rings. The van der Waals surface area contributed by atoms with E-state index in [2.05, 4.69) is 24.5 Å². The van der Waals surface area contributed by atoms with E-state index in [4.69, 9.17) is 0 Å². The van der Waals surface area contributed by atoms with Crippen molar-refractivity contribution in [2.45, 2.75) is 70.9 Å². The first-order valence-electron chi connectivity index (χ1n) is 7.70. The standard InChI is InChI=1S/C15H28N2O.ClH/c1-11(2)6-5-9-16-15(18)14-10-12-7-3-4-8-13(12)17-14;/h11-14,17H,3-10H2,1-2H3,(H,16,18);1H. The van der Waals surface area contributed by atoms with Gasteiger partial charge < -0.3 is 10.6 Å². The van der Waals surface area contributed by atoms with Crippen molar-refractivity contribution in [3.63, 3.8) is 0 Å². The first kappa shape index (κ1) is 16.8. The lowest BCUT2D eigenvalue weighted by atomic mass is 9.85. The van der Waals surface area contributed by atoms with Crippen LogP contribution < -0.4 is 10.6 Å². The summed E-state index contributed by atoms with van der Waals surface area (Å²) in [6, 6.07) is 0.697. The van der Waals surface area contributed by atoms with E-state index in [1.165, 1.54) is 32.1 Å². The van der Waals surface area contributed by atoms with Gasteiger partial charge in [-0.05, 0) is 43.9 Å². The van der Waals surface area contributed by atoms with Gasteiger partial charge in [-0.3, -0.25) is 4.79 Å². The van der Waals surface area contributed by atoms with E-state index in [0.29, 0.717) is 6.04 Å². The van der Waals surface area contributed by atoms with Crippen LogP contribution in [-0.4, -0.2) is 24.5 Å². The lowest BCUT2D eigenvalue weighted by Gasteiger charge is -2.24. The van der Waals surface area contributed by atoms with Gasteiger partial charge in [0.25, 0.3) is 0 Å². The summed E-state index contributed by atoms with van der Waals surface area (Å²) in [6.07, 6.45) is 8.62. The fraction of sp³-hybridized carbons (Fsp3) is 0.933. The number of halogens is 1. The Kier molecular flexibility index (Phi) is 7.16. The van der Waals surface area contributed by atoms with Crippen LogP contribution in [0.4, 0.5) is 0 Å². The third-order valence-electron chi connectivity index (χ3n) is 4.44. The van der Waals surface area contributed by atoms with E-state index in [0.717, 1.165) is 31.2 Å². The molecule has 3 atom stereocenters. The normalized spacial score (nSPS) is 29.7. The summed E-state index contributed by atoms with van der Waals surface area (Å²) in [5, 5.41) is 6.62. The lowest BCUT2D eigenvalue weighted by Crippen LogP contribution is -2.43. The van der Waals surface area contributed by atoms with Gasteiger partial charge in [0.2, 0.25) is 5.91 Å². The molecule has 19 heavy (non-hydrogen) atoms. The van der Waals surface area contributed by atoms with Gasteiger partial charge in [-0.15, -0.1) is 12.4 Å². The van der Waals surface area contributed by atoms with Gasteiger partial charge in [-0.25, -0.2) is 0 Å². The summed E-state index contributed by atoms with van der Waals surface area (Å²) < 4.78 is 0. The summed E-state index contributed by atoms with van der Waals surface area (Å²) >= 11 is 0. The third kappa shape index (κ3) is 4.96. The number of carbonyl (C=O) groups is 1. The number of rotatable bonds is 5. The number of fused-ring (bicyclic) bond motifs is 1. The maximum absolute atomic E-state index is 12.1. The summed E-state index contributed by atoms with van der Waals surface area (Å²) in [4.78, 5) is 12.1. The Morgan fingerprint density at radius 1 is 1.32 bits per heavy atom. The zero-order chi connectivity index (χ0) is 13.0. The van der Waals surface area contributed by atoms with Gasteiger partial charge in [0.15, 0.2) is 0 Å². The molecule has 2 aliphatic rings. The Labute approximate surface area is 123 Å². The Hall–Kier alpha value is -0.280. The second-order valence-electron chi connectivity index (χ2n) is 6.43. The van der Waals surface area contributed by atoms with Gasteiger partial charge in [0.1, 0.15) is 0 Å². The minimum Gasteiger partial charge on any atom is -0.355 e. The minimum atomic E-state index is 0. The van der Waals surface area contributed by atoms with E-state index in [-0.39, 0.29) is 24.4 Å². The quantitative estimate of drug-likeness (QED) is 0.764. The maximum atomic E-state index is 12.1. The molecule has 112 valence electrons. The highest BCUT2D eigenvalue weighted by molar-refractivity contribution is 5.85. The average molecular weight is 289 g/mol. The van der Waals surface area contributed by atoms with Crippen LogP contribution in [0.1, 0.15) is 58.8 Å². The first-order chi connectivity index (χ1) is 8.66. The summed E-state index contributed by atoms with van der Waals surface area (Å²) in [5.41, 5.74) is 0. The van der Waals surface area contributed by atoms with Crippen molar-refractivity contribution in [3.05, 3.63) is 0 Å². The van der Waals surface area contributed by atoms with Crippen LogP contribution in [0.15, 0.2) is 0 Å². The van der Waals surface area contributed by atoms with Crippen LogP contribution in [0.5, 0.6) is 0 Å². The van der Waals surface area contributed by atoms with E-state index in [9.17, 15) is 4.79 Å². The van der Waals surface area contributed by atoms with Crippen LogP contribution in [-0.2, 0) is 4.79 Å². The Balaban J connectivity index is 0.00000180. The molecule has 1 saturated carbocycles. The molecule has 1 aliphatic carbocycles. The Morgan fingerprint density at radius 3 is 2.74 bits per heavy atom. The predicted molar refractivity (Wildman–Crippen MR) is 81.6 cm³/mol. The van der Waals surface area contributed by atoms with Crippen molar-refractivity contribution in [2.75, 3.05) is 6.54 Å². The van der Waals surface area contributed by atoms with E-state index in [1.807, 2.05) is 0 Å². The molecule has 1 aliphatic heterocycles. The third-order valence-corrected chi connectivity index (χ3v) is 4.44. The van der Waals surface area contributed by atoms with Crippen LogP contribution in [0, 0.1) is 11.8 Å². The molecule has 0 bridgehead atoms. The minimum absolute atomic E-state index is 0. The Morgan fingerprint density at radius 2 is 2.05 bits per heavy atom. The van der Waals surface area contributed by atoms with E-state index >= 15 is 0 Å². The topological polar surface area (TPSA) is 41.1 Å². The molecule has 0 aromatic heterocycles. The summed E-state index contributed by atoms with van der Waals surface area (Å²) in [7, 11) is 0. The number of nitrogens with one attached hydrogen (secondary N) is 2. The van der Waals surface area contributed by atoms with Crippen LogP contribution in [0.25, 0.3) is 0 Å². The highest BCUT2D eigenvalue weighted by Crippen LogP contribution is 2.33. The highest BCUT2D eigenvalue weighted by atomic mass is 35.5. The van der Waals surface area contributed by atoms with Crippen molar-refractivity contribution < 1.29 is 4.79 Å². The smallest absolute Gasteiger partial charge is 0.237 e. The molecular formula is C15H29ClN2O. The molecule has 1 heterocycles. The highest BCUT2D eigenvalue weighted by Gasteiger charge is 2.37. The van der Waals surface area contributed by atoms with Crippen molar-refractivity contribution in [1.29, 1.82) is 0 Å². The maximum Gasteiger partial charge on any atom is 0.237 e. The van der Waals surface area contributed by atoms with Crippen molar-refractivity contribution in [3.8, 4) is 0 Å². The van der Waals surface area contributed by atoms with E-state index in [1.54, 1.807) is 0 Å². The molecular weight excluding hydrogens is 260 g/mol. The van der Waals surface area contributed by atoms with Crippen LogP contribution >= 0.6 is 12.4 Å². The average Bonchev–Trinajstić information content (AvgIpc) is 2.78.